The molecule has 10 heteroatoms. The van der Waals surface area contributed by atoms with Gasteiger partial charge in [-0.2, -0.15) is 0 Å². The maximum Gasteiger partial charge on any atom is 0.341 e. The van der Waals surface area contributed by atoms with Gasteiger partial charge in [-0.1, -0.05) is 12.1 Å². The fourth-order valence-electron chi connectivity index (χ4n) is 3.98. The number of hydrogen-bond donors (Lipinski definition) is 2. The summed E-state index contributed by atoms with van der Waals surface area (Å²) >= 11 is 0. The Bertz CT molecular complexity index is 1110. The Labute approximate surface area is 184 Å². The zero-order valence-corrected chi connectivity index (χ0v) is 18.2. The smallest absolute Gasteiger partial charge is 0.341 e. The van der Waals surface area contributed by atoms with Crippen LogP contribution in [0, 0.1) is 11.2 Å². The molecular formula is C21H26ClFN4O4. The van der Waals surface area contributed by atoms with Crippen LogP contribution >= 0.6 is 12.4 Å². The molecule has 31 heavy (non-hydrogen) atoms. The highest BCUT2D eigenvalue weighted by atomic mass is 35.5. The van der Waals surface area contributed by atoms with Gasteiger partial charge in [-0.15, -0.1) is 12.4 Å². The number of aromatic nitrogens is 1. The van der Waals surface area contributed by atoms with Crippen molar-refractivity contribution in [2.45, 2.75) is 32.7 Å². The van der Waals surface area contributed by atoms with Crippen LogP contribution in [0.25, 0.3) is 10.9 Å². The van der Waals surface area contributed by atoms with E-state index in [1.807, 2.05) is 18.7 Å². The summed E-state index contributed by atoms with van der Waals surface area (Å²) in [6, 6.07) is 2.90. The van der Waals surface area contributed by atoms with Crippen LogP contribution in [0.4, 0.5) is 10.1 Å². The number of aromatic carboxylic acids is 1. The molecule has 2 fully saturated rings. The number of rotatable bonds is 6. The highest BCUT2D eigenvalue weighted by Gasteiger charge is 2.41. The number of oxime groups is 1. The number of carboxylic acid groups (broad SMARTS) is 1. The van der Waals surface area contributed by atoms with Crippen LogP contribution in [0.2, 0.25) is 0 Å². The second kappa shape index (κ2) is 8.47. The molecule has 2 aromatic rings. The van der Waals surface area contributed by atoms with Crippen LogP contribution in [-0.4, -0.2) is 47.6 Å². The Kier molecular flexibility index (Phi) is 6.29. The number of fused-ring (bicyclic) bond motifs is 1. The van der Waals surface area contributed by atoms with Gasteiger partial charge >= 0.3 is 5.97 Å². The van der Waals surface area contributed by atoms with Crippen molar-refractivity contribution in [1.82, 2.24) is 4.57 Å². The van der Waals surface area contributed by atoms with Crippen molar-refractivity contribution < 1.29 is 19.1 Å². The topological polar surface area (TPSA) is 110 Å². The number of benzene rings is 1. The van der Waals surface area contributed by atoms with Gasteiger partial charge in [0.1, 0.15) is 18.0 Å². The van der Waals surface area contributed by atoms with Crippen LogP contribution in [0.3, 0.4) is 0 Å². The summed E-state index contributed by atoms with van der Waals surface area (Å²) in [7, 11) is 0. The summed E-state index contributed by atoms with van der Waals surface area (Å²) in [5.41, 5.74) is 6.11. The minimum absolute atomic E-state index is 0. The molecule has 3 N–H and O–H groups in total. The second-order valence-corrected chi connectivity index (χ2v) is 8.21. The summed E-state index contributed by atoms with van der Waals surface area (Å²) in [6.45, 7) is 5.37. The van der Waals surface area contributed by atoms with E-state index in [0.29, 0.717) is 37.4 Å². The first-order valence-corrected chi connectivity index (χ1v) is 10.0. The molecule has 1 aliphatic heterocycles. The van der Waals surface area contributed by atoms with Crippen molar-refractivity contribution in [3.63, 3.8) is 0 Å². The SMILES string of the molecule is CCO/N=C1\CN(c2cc3c(cc2F)c(=O)c(C(=O)O)cn3C2CC2)CC1(C)CN.Cl. The van der Waals surface area contributed by atoms with Crippen molar-refractivity contribution in [2.24, 2.45) is 16.3 Å². The number of pyridine rings is 1. The van der Waals surface area contributed by atoms with E-state index < -0.39 is 22.6 Å². The summed E-state index contributed by atoms with van der Waals surface area (Å²) in [5.74, 6) is -1.89. The number of halogens is 2. The van der Waals surface area contributed by atoms with Crippen molar-refractivity contribution in [2.75, 3.05) is 31.1 Å². The molecule has 1 aliphatic carbocycles. The van der Waals surface area contributed by atoms with Crippen molar-refractivity contribution >= 4 is 40.7 Å². The zero-order chi connectivity index (χ0) is 21.6. The fraction of sp³-hybridized carbons (Fsp3) is 0.476. The van der Waals surface area contributed by atoms with Crippen LogP contribution in [0.1, 0.15) is 43.1 Å². The molecule has 1 saturated carbocycles. The second-order valence-electron chi connectivity index (χ2n) is 8.21. The molecule has 1 saturated heterocycles. The monoisotopic (exact) mass is 452 g/mol. The zero-order valence-electron chi connectivity index (χ0n) is 17.4. The highest BCUT2D eigenvalue weighted by Crippen LogP contribution is 2.39. The van der Waals surface area contributed by atoms with Gasteiger partial charge in [-0.25, -0.2) is 9.18 Å². The highest BCUT2D eigenvalue weighted by molar-refractivity contribution is 5.98. The Morgan fingerprint density at radius 2 is 2.13 bits per heavy atom. The molecule has 1 unspecified atom stereocenters. The Hall–Kier alpha value is -2.65. The minimum atomic E-state index is -1.31. The number of carbonyl (C=O) groups is 1. The van der Waals surface area contributed by atoms with E-state index in [0.717, 1.165) is 24.6 Å². The maximum atomic E-state index is 15.1. The van der Waals surface area contributed by atoms with Crippen LogP contribution in [-0.2, 0) is 4.84 Å². The van der Waals surface area contributed by atoms with Gasteiger partial charge in [-0.3, -0.25) is 4.79 Å². The maximum absolute atomic E-state index is 15.1. The average molecular weight is 453 g/mol. The lowest BCUT2D eigenvalue weighted by atomic mass is 9.88. The molecule has 2 aliphatic rings. The number of nitrogens with two attached hydrogens (primary N) is 1. The first-order chi connectivity index (χ1) is 14.3. The predicted octanol–water partition coefficient (Wildman–Crippen LogP) is 2.77. The largest absolute Gasteiger partial charge is 0.477 e. The van der Waals surface area contributed by atoms with Gasteiger partial charge in [0.2, 0.25) is 5.43 Å². The predicted molar refractivity (Wildman–Crippen MR) is 119 cm³/mol. The molecule has 1 aromatic heterocycles. The molecule has 0 bridgehead atoms. The summed E-state index contributed by atoms with van der Waals surface area (Å²) < 4.78 is 16.9. The lowest BCUT2D eigenvalue weighted by Crippen LogP contribution is -2.36. The van der Waals surface area contributed by atoms with E-state index >= 15 is 4.39 Å². The third-order valence-corrected chi connectivity index (χ3v) is 5.94. The Balaban J connectivity index is 0.00000272. The molecular weight excluding hydrogens is 427 g/mol. The van der Waals surface area contributed by atoms with Crippen molar-refractivity contribution in [1.29, 1.82) is 0 Å². The first kappa shape index (κ1) is 23.0. The number of carboxylic acids is 1. The molecule has 0 radical (unpaired) electrons. The van der Waals surface area contributed by atoms with E-state index in [4.69, 9.17) is 10.6 Å². The van der Waals surface area contributed by atoms with Gasteiger partial charge < -0.3 is 25.1 Å². The van der Waals surface area contributed by atoms with Crippen molar-refractivity contribution in [3.8, 4) is 0 Å². The van der Waals surface area contributed by atoms with Crippen LogP contribution in [0.5, 0.6) is 0 Å². The molecule has 1 atom stereocenters. The lowest BCUT2D eigenvalue weighted by molar-refractivity contribution is 0.0695. The number of hydrogen-bond acceptors (Lipinski definition) is 6. The van der Waals surface area contributed by atoms with Gasteiger partial charge in [0.15, 0.2) is 0 Å². The minimum Gasteiger partial charge on any atom is -0.477 e. The lowest BCUT2D eigenvalue weighted by Gasteiger charge is -2.24. The third kappa shape index (κ3) is 3.99. The van der Waals surface area contributed by atoms with Gasteiger partial charge in [0, 0.05) is 36.1 Å². The van der Waals surface area contributed by atoms with Gasteiger partial charge in [-0.05, 0) is 31.9 Å². The molecule has 0 spiro atoms. The fourth-order valence-corrected chi connectivity index (χ4v) is 3.98. The summed E-state index contributed by atoms with van der Waals surface area (Å²) in [6.07, 6.45) is 3.16. The molecule has 4 rings (SSSR count). The normalized spacial score (nSPS) is 22.1. The van der Waals surface area contributed by atoms with Gasteiger partial charge in [0.05, 0.1) is 23.5 Å². The quantitative estimate of drug-likeness (QED) is 0.652. The molecule has 0 amide bonds. The summed E-state index contributed by atoms with van der Waals surface area (Å²) in [5, 5.41) is 13.6. The van der Waals surface area contributed by atoms with E-state index in [-0.39, 0.29) is 29.4 Å². The molecule has 2 heterocycles. The van der Waals surface area contributed by atoms with Gasteiger partial charge in [0.25, 0.3) is 0 Å². The Morgan fingerprint density at radius 1 is 1.42 bits per heavy atom. The van der Waals surface area contributed by atoms with Crippen molar-refractivity contribution in [3.05, 3.63) is 39.9 Å². The Morgan fingerprint density at radius 3 is 2.71 bits per heavy atom. The van der Waals surface area contributed by atoms with E-state index in [2.05, 4.69) is 5.16 Å². The average Bonchev–Trinajstić information content (AvgIpc) is 3.50. The molecule has 8 nitrogen and oxygen atoms in total. The number of nitrogens with zero attached hydrogens (tertiary/aromatic N) is 3. The third-order valence-electron chi connectivity index (χ3n) is 5.94. The molecule has 168 valence electrons. The van der Waals surface area contributed by atoms with Crippen LogP contribution < -0.4 is 16.1 Å². The standard InChI is InChI=1S/C21H25FN4O4.ClH/c1-3-30-24-18-9-25(11-21(18,2)10-23)17-7-16-13(6-15(17)22)19(27)14(20(28)29)8-26(16)12-4-5-12;/h6-8,12H,3-5,9-11,23H2,1-2H3,(H,28,29);1H/b24-18+;. The first-order valence-electron chi connectivity index (χ1n) is 10.0. The summed E-state index contributed by atoms with van der Waals surface area (Å²) in [4.78, 5) is 31.2. The van der Waals surface area contributed by atoms with E-state index in [9.17, 15) is 14.7 Å². The van der Waals surface area contributed by atoms with Crippen LogP contribution in [0.15, 0.2) is 28.3 Å². The van der Waals surface area contributed by atoms with E-state index in [1.54, 1.807) is 10.6 Å². The molecule has 1 aromatic carbocycles. The number of anilines is 1. The van der Waals surface area contributed by atoms with E-state index in [1.165, 1.54) is 6.20 Å².